The molecule has 2 nitrogen and oxygen atoms in total. The summed E-state index contributed by atoms with van der Waals surface area (Å²) in [4.78, 5) is 0. The Bertz CT molecular complexity index is 610. The highest BCUT2D eigenvalue weighted by molar-refractivity contribution is 7.97. The fraction of sp³-hybridized carbons (Fsp3) is 0.455. The zero-order valence-electron chi connectivity index (χ0n) is 15.9. The van der Waals surface area contributed by atoms with Gasteiger partial charge in [-0.15, -0.1) is 0 Å². The number of aryl methyl sites for hydroxylation is 4. The molecule has 0 aliphatic carbocycles. The van der Waals surface area contributed by atoms with E-state index in [1.165, 1.54) is 11.1 Å². The minimum atomic E-state index is 0.470. The van der Waals surface area contributed by atoms with Crippen molar-refractivity contribution in [3.63, 3.8) is 0 Å². The maximum Gasteiger partial charge on any atom is 0.121 e. The lowest BCUT2D eigenvalue weighted by Crippen LogP contribution is -1.95. The van der Waals surface area contributed by atoms with Crippen molar-refractivity contribution in [2.75, 3.05) is 0 Å². The molecule has 0 bridgehead atoms. The lowest BCUT2D eigenvalue weighted by Gasteiger charge is -2.13. The normalized spacial score (nSPS) is 11.0. The van der Waals surface area contributed by atoms with Crippen molar-refractivity contribution in [2.24, 2.45) is 0 Å². The number of benzene rings is 2. The van der Waals surface area contributed by atoms with E-state index >= 15 is 0 Å². The zero-order chi connectivity index (χ0) is 18.4. The Kier molecular flexibility index (Phi) is 7.24. The van der Waals surface area contributed by atoms with Crippen LogP contribution in [0.4, 0.5) is 0 Å². The second-order valence-electron chi connectivity index (χ2n) is 6.43. The van der Waals surface area contributed by atoms with Crippen LogP contribution in [-0.2, 0) is 37.2 Å². The van der Waals surface area contributed by atoms with Gasteiger partial charge in [-0.25, -0.2) is 0 Å². The van der Waals surface area contributed by atoms with Crippen LogP contribution in [0.2, 0.25) is 0 Å². The highest BCUT2D eigenvalue weighted by Gasteiger charge is 2.10. The lowest BCUT2D eigenvalue weighted by molar-refractivity contribution is 0.461. The minimum absolute atomic E-state index is 0.470. The highest BCUT2D eigenvalue weighted by Crippen LogP contribution is 2.30. The van der Waals surface area contributed by atoms with Crippen LogP contribution in [0.3, 0.4) is 0 Å². The summed E-state index contributed by atoms with van der Waals surface area (Å²) in [5.41, 5.74) is 6.73. The van der Waals surface area contributed by atoms with Crippen LogP contribution < -0.4 is 0 Å². The summed E-state index contributed by atoms with van der Waals surface area (Å²) in [6.45, 7) is 8.33. The molecule has 0 spiro atoms. The van der Waals surface area contributed by atoms with Crippen LogP contribution in [0, 0.1) is 0 Å². The highest BCUT2D eigenvalue weighted by atomic mass is 32.2. The Morgan fingerprint density at radius 3 is 1.12 bits per heavy atom. The molecular weight excluding hydrogens is 328 g/mol. The lowest BCUT2D eigenvalue weighted by atomic mass is 10.0. The van der Waals surface area contributed by atoms with Gasteiger partial charge in [0.1, 0.15) is 11.5 Å². The fourth-order valence-electron chi connectivity index (χ4n) is 3.20. The molecule has 2 rings (SSSR count). The predicted molar refractivity (Wildman–Crippen MR) is 109 cm³/mol. The Labute approximate surface area is 156 Å². The SMILES string of the molecule is CCc1cc(CSCc2cc(CC)c(O)c(CC)c2)cc(CC)c1O. The van der Waals surface area contributed by atoms with E-state index in [4.69, 9.17) is 0 Å². The predicted octanol–water partition coefficient (Wildman–Crippen LogP) is 5.78. The molecule has 0 heterocycles. The Balaban J connectivity index is 2.11. The average Bonchev–Trinajstić information content (AvgIpc) is 2.63. The number of phenols is 2. The third-order valence-corrected chi connectivity index (χ3v) is 5.79. The first-order valence-electron chi connectivity index (χ1n) is 9.28. The summed E-state index contributed by atoms with van der Waals surface area (Å²) >= 11 is 1.88. The molecule has 0 saturated carbocycles. The molecule has 25 heavy (non-hydrogen) atoms. The topological polar surface area (TPSA) is 40.5 Å². The van der Waals surface area contributed by atoms with Gasteiger partial charge in [-0.05, 0) is 59.1 Å². The van der Waals surface area contributed by atoms with Crippen molar-refractivity contribution < 1.29 is 10.2 Å². The van der Waals surface area contributed by atoms with Crippen molar-refractivity contribution >= 4 is 11.8 Å². The van der Waals surface area contributed by atoms with Crippen LogP contribution >= 0.6 is 11.8 Å². The molecule has 2 aromatic rings. The van der Waals surface area contributed by atoms with E-state index in [1.54, 1.807) is 0 Å². The van der Waals surface area contributed by atoms with Crippen molar-refractivity contribution in [2.45, 2.75) is 64.9 Å². The average molecular weight is 359 g/mol. The Morgan fingerprint density at radius 1 is 0.600 bits per heavy atom. The van der Waals surface area contributed by atoms with Gasteiger partial charge in [-0.3, -0.25) is 0 Å². The van der Waals surface area contributed by atoms with Gasteiger partial charge in [-0.1, -0.05) is 52.0 Å². The number of hydrogen-bond donors (Lipinski definition) is 2. The number of phenolic OH excluding ortho intramolecular Hbond substituents is 2. The maximum absolute atomic E-state index is 10.2. The molecule has 0 atom stereocenters. The minimum Gasteiger partial charge on any atom is -0.507 e. The van der Waals surface area contributed by atoms with Gasteiger partial charge in [0.05, 0.1) is 0 Å². The van der Waals surface area contributed by atoms with Gasteiger partial charge in [0.15, 0.2) is 0 Å². The number of aromatic hydroxyl groups is 2. The molecule has 2 aromatic carbocycles. The van der Waals surface area contributed by atoms with Gasteiger partial charge in [0, 0.05) is 11.5 Å². The van der Waals surface area contributed by atoms with Gasteiger partial charge >= 0.3 is 0 Å². The van der Waals surface area contributed by atoms with E-state index in [9.17, 15) is 10.2 Å². The summed E-state index contributed by atoms with van der Waals surface area (Å²) < 4.78 is 0. The summed E-state index contributed by atoms with van der Waals surface area (Å²) in [7, 11) is 0. The summed E-state index contributed by atoms with van der Waals surface area (Å²) in [5, 5.41) is 20.5. The van der Waals surface area contributed by atoms with Gasteiger partial charge in [-0.2, -0.15) is 11.8 Å². The second kappa shape index (κ2) is 9.19. The molecule has 0 saturated heterocycles. The van der Waals surface area contributed by atoms with Crippen LogP contribution in [-0.4, -0.2) is 10.2 Å². The van der Waals surface area contributed by atoms with E-state index in [1.807, 2.05) is 11.8 Å². The molecule has 0 amide bonds. The molecule has 136 valence electrons. The third-order valence-electron chi connectivity index (χ3n) is 4.72. The van der Waals surface area contributed by atoms with Crippen LogP contribution in [0.15, 0.2) is 24.3 Å². The molecule has 0 unspecified atom stereocenters. The first-order chi connectivity index (χ1) is 12.0. The van der Waals surface area contributed by atoms with E-state index in [0.717, 1.165) is 59.4 Å². The van der Waals surface area contributed by atoms with Gasteiger partial charge in [0.2, 0.25) is 0 Å². The van der Waals surface area contributed by atoms with Crippen LogP contribution in [0.5, 0.6) is 11.5 Å². The quantitative estimate of drug-likeness (QED) is 0.628. The Morgan fingerprint density at radius 2 is 0.880 bits per heavy atom. The third kappa shape index (κ3) is 4.72. The molecule has 3 heteroatoms. The van der Waals surface area contributed by atoms with E-state index in [-0.39, 0.29) is 0 Å². The molecule has 0 aromatic heterocycles. The zero-order valence-corrected chi connectivity index (χ0v) is 16.7. The van der Waals surface area contributed by atoms with Crippen molar-refractivity contribution in [3.05, 3.63) is 57.6 Å². The Hall–Kier alpha value is -1.61. The number of thioether (sulfide) groups is 1. The van der Waals surface area contributed by atoms with Crippen molar-refractivity contribution in [1.29, 1.82) is 0 Å². The molecule has 0 aliphatic rings. The number of rotatable bonds is 8. The second-order valence-corrected chi connectivity index (χ2v) is 7.42. The van der Waals surface area contributed by atoms with Crippen molar-refractivity contribution in [1.82, 2.24) is 0 Å². The van der Waals surface area contributed by atoms with Gasteiger partial charge < -0.3 is 10.2 Å². The first kappa shape index (κ1) is 19.7. The molecular formula is C22H30O2S. The smallest absolute Gasteiger partial charge is 0.121 e. The monoisotopic (exact) mass is 358 g/mol. The molecule has 0 fully saturated rings. The van der Waals surface area contributed by atoms with Crippen LogP contribution in [0.25, 0.3) is 0 Å². The maximum atomic E-state index is 10.2. The van der Waals surface area contributed by atoms with Crippen LogP contribution in [0.1, 0.15) is 61.1 Å². The largest absolute Gasteiger partial charge is 0.507 e. The van der Waals surface area contributed by atoms with E-state index in [2.05, 4.69) is 52.0 Å². The standard InChI is InChI=1S/C22H30O2S/c1-5-17-9-15(10-18(6-2)21(17)23)13-25-14-16-11-19(7-3)22(24)20(8-4)12-16/h9-12,23-24H,5-8,13-14H2,1-4H3. The van der Waals surface area contributed by atoms with E-state index < -0.39 is 0 Å². The summed E-state index contributed by atoms with van der Waals surface area (Å²) in [5.74, 6) is 2.81. The first-order valence-corrected chi connectivity index (χ1v) is 10.4. The summed E-state index contributed by atoms with van der Waals surface area (Å²) in [6, 6.07) is 8.53. The van der Waals surface area contributed by atoms with Crippen molar-refractivity contribution in [3.8, 4) is 11.5 Å². The molecule has 0 aliphatic heterocycles. The molecule has 0 radical (unpaired) electrons. The number of hydrogen-bond acceptors (Lipinski definition) is 3. The summed E-state index contributed by atoms with van der Waals surface area (Å²) in [6.07, 6.45) is 3.42. The van der Waals surface area contributed by atoms with E-state index in [0.29, 0.717) is 11.5 Å². The molecule has 2 N–H and O–H groups in total. The fourth-order valence-corrected chi connectivity index (χ4v) is 4.10. The van der Waals surface area contributed by atoms with Gasteiger partial charge in [0.25, 0.3) is 0 Å².